The van der Waals surface area contributed by atoms with Crippen molar-refractivity contribution in [1.82, 2.24) is 0 Å². The molecule has 1 atom stereocenters. The van der Waals surface area contributed by atoms with Crippen molar-refractivity contribution in [2.45, 2.75) is 32.8 Å². The van der Waals surface area contributed by atoms with Gasteiger partial charge in [-0.1, -0.05) is 13.3 Å². The summed E-state index contributed by atoms with van der Waals surface area (Å²) in [4.78, 5) is 10.1. The molecular formula is C9H18O4. The first-order valence-electron chi connectivity index (χ1n) is 4.58. The molecule has 0 heterocycles. The zero-order valence-electron chi connectivity index (χ0n) is 8.28. The first kappa shape index (κ1) is 12.4. The van der Waals surface area contributed by atoms with Crippen molar-refractivity contribution in [2.24, 2.45) is 0 Å². The van der Waals surface area contributed by atoms with Gasteiger partial charge >= 0.3 is 5.97 Å². The van der Waals surface area contributed by atoms with Crippen LogP contribution in [0.5, 0.6) is 0 Å². The second kappa shape index (κ2) is 8.01. The molecule has 0 aromatic carbocycles. The van der Waals surface area contributed by atoms with E-state index in [1.54, 1.807) is 6.92 Å². The van der Waals surface area contributed by atoms with Gasteiger partial charge in [0.25, 0.3) is 0 Å². The van der Waals surface area contributed by atoms with Gasteiger partial charge in [-0.2, -0.15) is 0 Å². The Morgan fingerprint density at radius 3 is 2.77 bits per heavy atom. The van der Waals surface area contributed by atoms with Crippen LogP contribution in [0.2, 0.25) is 0 Å². The molecule has 0 amide bonds. The molecule has 0 aliphatic rings. The Balaban J connectivity index is 3.19. The van der Waals surface area contributed by atoms with Gasteiger partial charge in [-0.25, -0.2) is 4.79 Å². The molecule has 0 aliphatic heterocycles. The molecule has 4 nitrogen and oxygen atoms in total. The molecule has 0 bridgehead atoms. The standard InChI is InChI=1S/C9H18O4/c1-3-4-5-12-6-8(2)13-7-9(10)11/h8H,3-7H2,1-2H3,(H,10,11). The third-order valence-corrected chi connectivity index (χ3v) is 1.49. The fourth-order valence-corrected chi connectivity index (χ4v) is 0.757. The lowest BCUT2D eigenvalue weighted by molar-refractivity contribution is -0.145. The Morgan fingerprint density at radius 2 is 2.23 bits per heavy atom. The molecule has 0 aromatic rings. The van der Waals surface area contributed by atoms with Crippen LogP contribution in [0.3, 0.4) is 0 Å². The van der Waals surface area contributed by atoms with E-state index in [-0.39, 0.29) is 12.7 Å². The minimum Gasteiger partial charge on any atom is -0.480 e. The number of unbranched alkanes of at least 4 members (excludes halogenated alkanes) is 1. The molecular weight excluding hydrogens is 172 g/mol. The number of rotatable bonds is 8. The fraction of sp³-hybridized carbons (Fsp3) is 0.889. The maximum absolute atomic E-state index is 10.1. The van der Waals surface area contributed by atoms with Gasteiger partial charge in [0, 0.05) is 6.61 Å². The van der Waals surface area contributed by atoms with Crippen LogP contribution in [0.25, 0.3) is 0 Å². The highest BCUT2D eigenvalue weighted by Gasteiger charge is 2.04. The van der Waals surface area contributed by atoms with Gasteiger partial charge < -0.3 is 14.6 Å². The van der Waals surface area contributed by atoms with Gasteiger partial charge in [0.05, 0.1) is 12.7 Å². The quantitative estimate of drug-likeness (QED) is 0.586. The van der Waals surface area contributed by atoms with Gasteiger partial charge in [0.2, 0.25) is 0 Å². The van der Waals surface area contributed by atoms with E-state index < -0.39 is 5.97 Å². The van der Waals surface area contributed by atoms with Crippen molar-refractivity contribution >= 4 is 5.97 Å². The zero-order valence-corrected chi connectivity index (χ0v) is 8.28. The van der Waals surface area contributed by atoms with E-state index in [2.05, 4.69) is 6.92 Å². The van der Waals surface area contributed by atoms with Crippen molar-refractivity contribution in [3.63, 3.8) is 0 Å². The molecule has 78 valence electrons. The van der Waals surface area contributed by atoms with Crippen molar-refractivity contribution in [2.75, 3.05) is 19.8 Å². The number of ether oxygens (including phenoxy) is 2. The summed E-state index contributed by atoms with van der Waals surface area (Å²) in [6.45, 7) is 4.82. The van der Waals surface area contributed by atoms with Crippen LogP contribution >= 0.6 is 0 Å². The van der Waals surface area contributed by atoms with E-state index in [4.69, 9.17) is 14.6 Å². The van der Waals surface area contributed by atoms with Gasteiger partial charge in [0.15, 0.2) is 0 Å². The van der Waals surface area contributed by atoms with Crippen LogP contribution in [-0.4, -0.2) is 37.0 Å². The lowest BCUT2D eigenvalue weighted by Crippen LogP contribution is -2.20. The summed E-state index contributed by atoms with van der Waals surface area (Å²) >= 11 is 0. The average molecular weight is 190 g/mol. The predicted molar refractivity (Wildman–Crippen MR) is 48.8 cm³/mol. The maximum Gasteiger partial charge on any atom is 0.329 e. The van der Waals surface area contributed by atoms with Gasteiger partial charge in [-0.05, 0) is 13.3 Å². The Bertz CT molecular complexity index is 136. The van der Waals surface area contributed by atoms with E-state index in [0.29, 0.717) is 6.61 Å². The predicted octanol–water partition coefficient (Wildman–Crippen LogP) is 1.29. The third kappa shape index (κ3) is 9.30. The van der Waals surface area contributed by atoms with Crippen LogP contribution in [0.15, 0.2) is 0 Å². The SMILES string of the molecule is CCCCOCC(C)OCC(=O)O. The number of hydrogen-bond donors (Lipinski definition) is 1. The molecule has 1 unspecified atom stereocenters. The number of hydrogen-bond acceptors (Lipinski definition) is 3. The molecule has 1 N–H and O–H groups in total. The van der Waals surface area contributed by atoms with Crippen LogP contribution in [0.4, 0.5) is 0 Å². The number of carboxylic acid groups (broad SMARTS) is 1. The van der Waals surface area contributed by atoms with Gasteiger partial charge in [-0.3, -0.25) is 0 Å². The van der Waals surface area contributed by atoms with Crippen molar-refractivity contribution < 1.29 is 19.4 Å². The summed E-state index contributed by atoms with van der Waals surface area (Å²) in [7, 11) is 0. The number of aliphatic carboxylic acids is 1. The molecule has 4 heteroatoms. The lowest BCUT2D eigenvalue weighted by Gasteiger charge is -2.11. The topological polar surface area (TPSA) is 55.8 Å². The number of carbonyl (C=O) groups is 1. The highest BCUT2D eigenvalue weighted by atomic mass is 16.5. The van der Waals surface area contributed by atoms with Crippen LogP contribution < -0.4 is 0 Å². The summed E-state index contributed by atoms with van der Waals surface area (Å²) in [5.74, 6) is -0.944. The summed E-state index contributed by atoms with van der Waals surface area (Å²) in [5.41, 5.74) is 0. The van der Waals surface area contributed by atoms with Gasteiger partial charge in [0.1, 0.15) is 6.61 Å². The Morgan fingerprint density at radius 1 is 1.54 bits per heavy atom. The molecule has 0 saturated heterocycles. The normalized spacial score (nSPS) is 12.8. The number of carboxylic acids is 1. The van der Waals surface area contributed by atoms with E-state index in [0.717, 1.165) is 19.4 Å². The zero-order chi connectivity index (χ0) is 10.1. The Hall–Kier alpha value is -0.610. The summed E-state index contributed by atoms with van der Waals surface area (Å²) in [5, 5.41) is 8.31. The van der Waals surface area contributed by atoms with Crippen LogP contribution in [0, 0.1) is 0 Å². The van der Waals surface area contributed by atoms with Crippen molar-refractivity contribution in [3.05, 3.63) is 0 Å². The molecule has 0 fully saturated rings. The lowest BCUT2D eigenvalue weighted by atomic mass is 10.3. The molecule has 0 radical (unpaired) electrons. The summed E-state index contributed by atoms with van der Waals surface area (Å²) < 4.78 is 10.2. The first-order valence-corrected chi connectivity index (χ1v) is 4.58. The van der Waals surface area contributed by atoms with Crippen LogP contribution in [0.1, 0.15) is 26.7 Å². The summed E-state index contributed by atoms with van der Waals surface area (Å²) in [6, 6.07) is 0. The van der Waals surface area contributed by atoms with Crippen molar-refractivity contribution in [1.29, 1.82) is 0 Å². The third-order valence-electron chi connectivity index (χ3n) is 1.49. The maximum atomic E-state index is 10.1. The van der Waals surface area contributed by atoms with Crippen LogP contribution in [-0.2, 0) is 14.3 Å². The first-order chi connectivity index (χ1) is 6.16. The van der Waals surface area contributed by atoms with E-state index in [1.807, 2.05) is 0 Å². The van der Waals surface area contributed by atoms with E-state index in [9.17, 15) is 4.79 Å². The highest BCUT2D eigenvalue weighted by molar-refractivity contribution is 5.68. The molecule has 0 rings (SSSR count). The summed E-state index contributed by atoms with van der Waals surface area (Å²) in [6.07, 6.45) is 1.99. The largest absolute Gasteiger partial charge is 0.480 e. The molecule has 13 heavy (non-hydrogen) atoms. The fourth-order valence-electron chi connectivity index (χ4n) is 0.757. The minimum absolute atomic E-state index is 0.145. The van der Waals surface area contributed by atoms with E-state index >= 15 is 0 Å². The molecule has 0 aromatic heterocycles. The minimum atomic E-state index is -0.944. The molecule has 0 spiro atoms. The Labute approximate surface area is 78.8 Å². The average Bonchev–Trinajstić information content (AvgIpc) is 2.09. The van der Waals surface area contributed by atoms with Crippen molar-refractivity contribution in [3.8, 4) is 0 Å². The molecule has 0 saturated carbocycles. The smallest absolute Gasteiger partial charge is 0.329 e. The second-order valence-corrected chi connectivity index (χ2v) is 2.94. The van der Waals surface area contributed by atoms with Gasteiger partial charge in [-0.15, -0.1) is 0 Å². The second-order valence-electron chi connectivity index (χ2n) is 2.94. The monoisotopic (exact) mass is 190 g/mol. The Kier molecular flexibility index (Phi) is 7.63. The molecule has 0 aliphatic carbocycles. The van der Waals surface area contributed by atoms with E-state index in [1.165, 1.54) is 0 Å². The highest BCUT2D eigenvalue weighted by Crippen LogP contribution is 1.94.